The summed E-state index contributed by atoms with van der Waals surface area (Å²) in [7, 11) is -0.273. The van der Waals surface area contributed by atoms with E-state index in [-0.39, 0.29) is 12.2 Å². The van der Waals surface area contributed by atoms with Gasteiger partial charge in [0.15, 0.2) is 0 Å². The zero-order chi connectivity index (χ0) is 25.3. The highest BCUT2D eigenvalue weighted by atomic mass is 127. The van der Waals surface area contributed by atoms with Crippen molar-refractivity contribution in [3.05, 3.63) is 39.5 Å². The van der Waals surface area contributed by atoms with E-state index in [2.05, 4.69) is 110 Å². The molecule has 4 atom stereocenters. The average molecular weight is 589 g/mol. The van der Waals surface area contributed by atoms with Gasteiger partial charge in [-0.05, 0) is 73.8 Å². The Kier molecular flexibility index (Phi) is 13.2. The maximum atomic E-state index is 7.27. The fourth-order valence-corrected chi connectivity index (χ4v) is 11.9. The lowest BCUT2D eigenvalue weighted by molar-refractivity contribution is -0.0537. The number of ether oxygens (including phenoxy) is 2. The molecule has 1 aromatic rings. The molecule has 0 unspecified atom stereocenters. The highest BCUT2D eigenvalue weighted by molar-refractivity contribution is 14.1. The first-order chi connectivity index (χ1) is 15.4. The molecule has 0 bridgehead atoms. The van der Waals surface area contributed by atoms with Gasteiger partial charge in [-0.2, -0.15) is 0 Å². The zero-order valence-electron chi connectivity index (χ0n) is 22.9. The van der Waals surface area contributed by atoms with Gasteiger partial charge in [0.05, 0.1) is 19.8 Å². The molecule has 0 saturated carbocycles. The predicted octanol–water partition coefficient (Wildman–Crippen LogP) is 9.16. The minimum Gasteiger partial charge on any atom is -0.497 e. The largest absolute Gasteiger partial charge is 0.497 e. The molecule has 0 N–H and O–H groups in total. The van der Waals surface area contributed by atoms with Crippen LogP contribution in [0.5, 0.6) is 5.75 Å². The minimum atomic E-state index is -1.97. The fraction of sp³-hybridized carbons (Fsp3) is 0.714. The van der Waals surface area contributed by atoms with Gasteiger partial charge in [-0.15, -0.1) is 0 Å². The van der Waals surface area contributed by atoms with Gasteiger partial charge in [-0.1, -0.05) is 80.5 Å². The summed E-state index contributed by atoms with van der Waals surface area (Å²) < 4.78 is 20.5. The van der Waals surface area contributed by atoms with Crippen LogP contribution in [0.1, 0.15) is 81.2 Å². The monoisotopic (exact) mass is 588 g/mol. The van der Waals surface area contributed by atoms with Gasteiger partial charge < -0.3 is 13.9 Å². The molecule has 0 aliphatic heterocycles. The third-order valence-electron chi connectivity index (χ3n) is 7.18. The Labute approximate surface area is 219 Å². The molecule has 190 valence electrons. The number of benzene rings is 1. The summed E-state index contributed by atoms with van der Waals surface area (Å²) in [5, 5.41) is 0. The van der Waals surface area contributed by atoms with E-state index in [1.165, 1.54) is 9.14 Å². The number of halogens is 1. The van der Waals surface area contributed by atoms with Gasteiger partial charge in [0.2, 0.25) is 8.32 Å². The molecule has 1 aromatic carbocycles. The molecule has 1 rings (SSSR count). The first-order valence-electron chi connectivity index (χ1n) is 12.7. The van der Waals surface area contributed by atoms with Crippen molar-refractivity contribution < 1.29 is 13.9 Å². The lowest BCUT2D eigenvalue weighted by Gasteiger charge is -2.47. The molecule has 0 radical (unpaired) electrons. The third-order valence-corrected chi connectivity index (χ3v) is 13.7. The molecule has 0 heterocycles. The lowest BCUT2D eigenvalue weighted by atomic mass is 9.88. The number of rotatable bonds is 14. The van der Waals surface area contributed by atoms with Crippen LogP contribution in [0.15, 0.2) is 33.9 Å². The lowest BCUT2D eigenvalue weighted by Crippen LogP contribution is -2.52. The number of methoxy groups -OCH3 is 1. The van der Waals surface area contributed by atoms with Crippen molar-refractivity contribution in [3.63, 3.8) is 0 Å². The molecule has 0 saturated heterocycles. The van der Waals surface area contributed by atoms with Crippen LogP contribution in [0.3, 0.4) is 0 Å². The standard InChI is InChI=1S/C28H49IO3Si/c1-12-27(32-33(19(2)3,20(4)5)21(6)7)24(10)28(22(8)17-23(9)29)31-18-25-13-15-26(30-11)16-14-25/h13-17,19-22,24,27-28H,12,18H2,1-11H3/b23-17+/t22-,24+,27-,28+/m0/s1. The fourth-order valence-electron chi connectivity index (χ4n) is 5.60. The van der Waals surface area contributed by atoms with Crippen LogP contribution in [0.2, 0.25) is 16.6 Å². The van der Waals surface area contributed by atoms with E-state index >= 15 is 0 Å². The van der Waals surface area contributed by atoms with E-state index < -0.39 is 8.32 Å². The average Bonchev–Trinajstić information content (AvgIpc) is 2.73. The molecule has 0 aliphatic rings. The topological polar surface area (TPSA) is 27.7 Å². The van der Waals surface area contributed by atoms with Crippen molar-refractivity contribution in [1.82, 2.24) is 0 Å². The minimum absolute atomic E-state index is 0.0833. The van der Waals surface area contributed by atoms with Crippen molar-refractivity contribution in [1.29, 1.82) is 0 Å². The summed E-state index contributed by atoms with van der Waals surface area (Å²) in [5.41, 5.74) is 2.89. The van der Waals surface area contributed by atoms with Gasteiger partial charge in [0.1, 0.15) is 5.75 Å². The van der Waals surface area contributed by atoms with Gasteiger partial charge in [0, 0.05) is 17.9 Å². The first-order valence-corrected chi connectivity index (χ1v) is 15.9. The highest BCUT2D eigenvalue weighted by Gasteiger charge is 2.47. The maximum Gasteiger partial charge on any atom is 0.200 e. The maximum absolute atomic E-state index is 7.27. The Balaban J connectivity index is 3.20. The molecule has 0 spiro atoms. The molecule has 0 amide bonds. The zero-order valence-corrected chi connectivity index (χ0v) is 26.1. The third kappa shape index (κ3) is 8.36. The summed E-state index contributed by atoms with van der Waals surface area (Å²) in [4.78, 5) is 0. The summed E-state index contributed by atoms with van der Waals surface area (Å²) in [5.74, 6) is 1.47. The normalized spacial score (nSPS) is 16.9. The summed E-state index contributed by atoms with van der Waals surface area (Å²) >= 11 is 2.40. The Bertz CT molecular complexity index is 689. The van der Waals surface area contributed by atoms with Crippen molar-refractivity contribution in [2.75, 3.05) is 7.11 Å². The SMILES string of the molecule is CC[C@H](O[Si](C(C)C)(C(C)C)C(C)C)[C@@H](C)[C@H](OCc1ccc(OC)cc1)[C@@H](C)/C=C(\C)I. The van der Waals surface area contributed by atoms with Crippen molar-refractivity contribution in [2.45, 2.75) is 111 Å². The summed E-state index contributed by atoms with van der Waals surface area (Å²) in [6.45, 7) is 23.8. The number of hydrogen-bond donors (Lipinski definition) is 0. The highest BCUT2D eigenvalue weighted by Crippen LogP contribution is 2.44. The molecule has 0 aliphatic carbocycles. The van der Waals surface area contributed by atoms with Crippen LogP contribution >= 0.6 is 22.6 Å². The van der Waals surface area contributed by atoms with E-state index in [1.54, 1.807) is 7.11 Å². The van der Waals surface area contributed by atoms with Crippen LogP contribution in [0, 0.1) is 11.8 Å². The van der Waals surface area contributed by atoms with Gasteiger partial charge in [0.25, 0.3) is 0 Å². The Morgan fingerprint density at radius 1 is 0.939 bits per heavy atom. The second kappa shape index (κ2) is 14.3. The van der Waals surface area contributed by atoms with Gasteiger partial charge in [-0.25, -0.2) is 0 Å². The van der Waals surface area contributed by atoms with Gasteiger partial charge >= 0.3 is 0 Å². The van der Waals surface area contributed by atoms with Crippen molar-refractivity contribution in [3.8, 4) is 5.75 Å². The molecule has 0 aromatic heterocycles. The predicted molar refractivity (Wildman–Crippen MR) is 154 cm³/mol. The number of allylic oxidation sites excluding steroid dienone is 1. The quantitative estimate of drug-likeness (QED) is 0.160. The van der Waals surface area contributed by atoms with Crippen LogP contribution < -0.4 is 4.74 Å². The van der Waals surface area contributed by atoms with Gasteiger partial charge in [-0.3, -0.25) is 0 Å². The van der Waals surface area contributed by atoms with E-state index in [9.17, 15) is 0 Å². The number of hydrogen-bond acceptors (Lipinski definition) is 3. The van der Waals surface area contributed by atoms with E-state index in [1.807, 2.05) is 12.1 Å². The van der Waals surface area contributed by atoms with E-state index in [0.717, 1.165) is 12.2 Å². The Hall–Kier alpha value is -0.373. The molecule has 5 heteroatoms. The molecule has 3 nitrogen and oxygen atoms in total. The summed E-state index contributed by atoms with van der Waals surface area (Å²) in [6, 6.07) is 8.18. The second-order valence-electron chi connectivity index (χ2n) is 10.5. The van der Waals surface area contributed by atoms with E-state index in [4.69, 9.17) is 13.9 Å². The van der Waals surface area contributed by atoms with Crippen LogP contribution in [-0.2, 0) is 15.8 Å². The Morgan fingerprint density at radius 2 is 1.45 bits per heavy atom. The van der Waals surface area contributed by atoms with E-state index in [0.29, 0.717) is 35.1 Å². The van der Waals surface area contributed by atoms with Crippen molar-refractivity contribution in [2.24, 2.45) is 11.8 Å². The second-order valence-corrected chi connectivity index (χ2v) is 17.6. The molecule has 33 heavy (non-hydrogen) atoms. The molecular formula is C28H49IO3Si. The summed E-state index contributed by atoms with van der Waals surface area (Å²) in [6.07, 6.45) is 3.61. The molecular weight excluding hydrogens is 539 g/mol. The first kappa shape index (κ1) is 30.7. The van der Waals surface area contributed by atoms with Crippen LogP contribution in [0.4, 0.5) is 0 Å². The van der Waals surface area contributed by atoms with Crippen molar-refractivity contribution >= 4 is 30.9 Å². The van der Waals surface area contributed by atoms with Crippen LogP contribution in [-0.4, -0.2) is 27.6 Å². The van der Waals surface area contributed by atoms with Crippen LogP contribution in [0.25, 0.3) is 0 Å². The smallest absolute Gasteiger partial charge is 0.200 e. The molecule has 0 fully saturated rings. The Morgan fingerprint density at radius 3 is 1.85 bits per heavy atom.